The van der Waals surface area contributed by atoms with Crippen LogP contribution in [0.5, 0.6) is 0 Å². The molecule has 0 aromatic heterocycles. The van der Waals surface area contributed by atoms with E-state index in [1.807, 2.05) is 20.9 Å². The molecule has 3 heteroatoms. The Balaban J connectivity index is 2.81. The summed E-state index contributed by atoms with van der Waals surface area (Å²) >= 11 is 0. The maximum Gasteiger partial charge on any atom is 0.227 e. The van der Waals surface area contributed by atoms with Crippen LogP contribution in [0.4, 0.5) is 0 Å². The van der Waals surface area contributed by atoms with Crippen molar-refractivity contribution >= 4 is 5.91 Å². The van der Waals surface area contributed by atoms with E-state index in [0.717, 1.165) is 0 Å². The molecule has 0 saturated carbocycles. The van der Waals surface area contributed by atoms with E-state index < -0.39 is 0 Å². The molecular formula is C16H26N2O. The molecule has 0 spiro atoms. The first-order valence-electron chi connectivity index (χ1n) is 6.88. The third-order valence-corrected chi connectivity index (χ3v) is 3.66. The van der Waals surface area contributed by atoms with Crippen LogP contribution in [0.1, 0.15) is 30.5 Å². The summed E-state index contributed by atoms with van der Waals surface area (Å²) in [4.78, 5) is 14.2. The minimum atomic E-state index is -0.0879. The first-order valence-corrected chi connectivity index (χ1v) is 6.88. The smallest absolute Gasteiger partial charge is 0.227 e. The summed E-state index contributed by atoms with van der Waals surface area (Å²) in [7, 11) is 1.86. The first-order chi connectivity index (χ1) is 8.86. The van der Waals surface area contributed by atoms with Gasteiger partial charge in [-0.05, 0) is 30.9 Å². The number of amides is 1. The molecule has 1 atom stereocenters. The molecule has 3 nitrogen and oxygen atoms in total. The van der Waals surface area contributed by atoms with Gasteiger partial charge in [-0.25, -0.2) is 0 Å². The fraction of sp³-hybridized carbons (Fsp3) is 0.562. The quantitative estimate of drug-likeness (QED) is 0.886. The lowest BCUT2D eigenvalue weighted by molar-refractivity contribution is -0.135. The molecule has 0 aliphatic rings. The normalized spacial score (nSPS) is 12.6. The molecule has 106 valence electrons. The van der Waals surface area contributed by atoms with Gasteiger partial charge in [0.1, 0.15) is 0 Å². The topological polar surface area (TPSA) is 46.3 Å². The highest BCUT2D eigenvalue weighted by Crippen LogP contribution is 2.17. The number of carbonyl (C=O) groups excluding carboxylic acids is 1. The molecule has 1 rings (SSSR count). The zero-order chi connectivity index (χ0) is 14.6. The SMILES string of the molecule is Cc1ccc(C)c(CN(C)C(=O)C(CN)C(C)C)c1. The van der Waals surface area contributed by atoms with Crippen LogP contribution >= 0.6 is 0 Å². The van der Waals surface area contributed by atoms with E-state index in [1.165, 1.54) is 16.7 Å². The first kappa shape index (κ1) is 15.7. The molecule has 1 amide bonds. The van der Waals surface area contributed by atoms with Crippen molar-refractivity contribution < 1.29 is 4.79 Å². The lowest BCUT2D eigenvalue weighted by Crippen LogP contribution is -2.39. The largest absolute Gasteiger partial charge is 0.341 e. The fourth-order valence-corrected chi connectivity index (χ4v) is 2.25. The number of hydrogen-bond acceptors (Lipinski definition) is 2. The van der Waals surface area contributed by atoms with Crippen molar-refractivity contribution in [3.63, 3.8) is 0 Å². The average molecular weight is 262 g/mol. The summed E-state index contributed by atoms with van der Waals surface area (Å²) in [6.45, 7) is 9.29. The van der Waals surface area contributed by atoms with E-state index in [9.17, 15) is 4.79 Å². The zero-order valence-corrected chi connectivity index (χ0v) is 12.7. The maximum atomic E-state index is 12.4. The van der Waals surface area contributed by atoms with Gasteiger partial charge >= 0.3 is 0 Å². The molecule has 0 radical (unpaired) electrons. The second-order valence-corrected chi connectivity index (χ2v) is 5.71. The Hall–Kier alpha value is -1.35. The van der Waals surface area contributed by atoms with Gasteiger partial charge < -0.3 is 10.6 Å². The number of benzene rings is 1. The zero-order valence-electron chi connectivity index (χ0n) is 12.7. The Kier molecular flexibility index (Phi) is 5.55. The second kappa shape index (κ2) is 6.71. The van der Waals surface area contributed by atoms with Gasteiger partial charge in [-0.3, -0.25) is 4.79 Å². The number of nitrogens with two attached hydrogens (primary N) is 1. The van der Waals surface area contributed by atoms with Crippen molar-refractivity contribution in [3.8, 4) is 0 Å². The Bertz CT molecular complexity index is 440. The van der Waals surface area contributed by atoms with E-state index in [-0.39, 0.29) is 17.7 Å². The average Bonchev–Trinajstić information content (AvgIpc) is 2.34. The molecule has 0 fully saturated rings. The van der Waals surface area contributed by atoms with E-state index in [1.54, 1.807) is 4.90 Å². The van der Waals surface area contributed by atoms with Gasteiger partial charge in [0.05, 0.1) is 5.92 Å². The number of carbonyl (C=O) groups is 1. The third-order valence-electron chi connectivity index (χ3n) is 3.66. The molecular weight excluding hydrogens is 236 g/mol. The van der Waals surface area contributed by atoms with Crippen LogP contribution in [0, 0.1) is 25.7 Å². The highest BCUT2D eigenvalue weighted by atomic mass is 16.2. The third kappa shape index (κ3) is 4.06. The van der Waals surface area contributed by atoms with Crippen molar-refractivity contribution in [2.45, 2.75) is 34.2 Å². The molecule has 0 heterocycles. The van der Waals surface area contributed by atoms with Crippen molar-refractivity contribution in [1.29, 1.82) is 0 Å². The van der Waals surface area contributed by atoms with Crippen LogP contribution < -0.4 is 5.73 Å². The molecule has 0 bridgehead atoms. The molecule has 0 aliphatic carbocycles. The van der Waals surface area contributed by atoms with Gasteiger partial charge in [-0.15, -0.1) is 0 Å². The number of hydrogen-bond donors (Lipinski definition) is 1. The van der Waals surface area contributed by atoms with Gasteiger partial charge in [0.2, 0.25) is 5.91 Å². The lowest BCUT2D eigenvalue weighted by Gasteiger charge is -2.26. The second-order valence-electron chi connectivity index (χ2n) is 5.71. The molecule has 1 aromatic rings. The summed E-state index contributed by atoms with van der Waals surface area (Å²) in [5.74, 6) is 0.326. The number of aryl methyl sites for hydroxylation is 2. The van der Waals surface area contributed by atoms with E-state index in [0.29, 0.717) is 13.1 Å². The molecule has 0 saturated heterocycles. The molecule has 0 aliphatic heterocycles. The predicted molar refractivity (Wildman–Crippen MR) is 79.8 cm³/mol. The highest BCUT2D eigenvalue weighted by molar-refractivity contribution is 5.79. The monoisotopic (exact) mass is 262 g/mol. The molecule has 2 N–H and O–H groups in total. The Morgan fingerprint density at radius 1 is 1.32 bits per heavy atom. The van der Waals surface area contributed by atoms with Gasteiger partial charge in [0.15, 0.2) is 0 Å². The summed E-state index contributed by atoms with van der Waals surface area (Å²) in [6.07, 6.45) is 0. The van der Waals surface area contributed by atoms with Crippen LogP contribution in [0.2, 0.25) is 0 Å². The minimum absolute atomic E-state index is 0.0879. The maximum absolute atomic E-state index is 12.4. The van der Waals surface area contributed by atoms with Gasteiger partial charge in [0, 0.05) is 20.1 Å². The van der Waals surface area contributed by atoms with Gasteiger partial charge in [0.25, 0.3) is 0 Å². The van der Waals surface area contributed by atoms with Gasteiger partial charge in [-0.2, -0.15) is 0 Å². The van der Waals surface area contributed by atoms with Crippen molar-refractivity contribution in [3.05, 3.63) is 34.9 Å². The van der Waals surface area contributed by atoms with Crippen LogP contribution in [-0.4, -0.2) is 24.4 Å². The Morgan fingerprint density at radius 3 is 2.47 bits per heavy atom. The van der Waals surface area contributed by atoms with E-state index in [4.69, 9.17) is 5.73 Å². The molecule has 1 aromatic carbocycles. The van der Waals surface area contributed by atoms with E-state index in [2.05, 4.69) is 32.0 Å². The van der Waals surface area contributed by atoms with Crippen molar-refractivity contribution in [2.24, 2.45) is 17.6 Å². The summed E-state index contributed by atoms with van der Waals surface area (Å²) < 4.78 is 0. The summed E-state index contributed by atoms with van der Waals surface area (Å²) in [5, 5.41) is 0. The summed E-state index contributed by atoms with van der Waals surface area (Å²) in [6, 6.07) is 6.34. The number of rotatable bonds is 5. The molecule has 1 unspecified atom stereocenters. The van der Waals surface area contributed by atoms with Crippen LogP contribution in [0.25, 0.3) is 0 Å². The summed E-state index contributed by atoms with van der Waals surface area (Å²) in [5.41, 5.74) is 9.36. The van der Waals surface area contributed by atoms with Crippen molar-refractivity contribution in [1.82, 2.24) is 4.90 Å². The standard InChI is InChI=1S/C16H26N2O/c1-11(2)15(9-17)16(19)18(5)10-14-8-12(3)6-7-13(14)4/h6-8,11,15H,9-10,17H2,1-5H3. The van der Waals surface area contributed by atoms with Crippen molar-refractivity contribution in [2.75, 3.05) is 13.6 Å². The minimum Gasteiger partial charge on any atom is -0.341 e. The van der Waals surface area contributed by atoms with E-state index >= 15 is 0 Å². The Morgan fingerprint density at radius 2 is 1.95 bits per heavy atom. The fourth-order valence-electron chi connectivity index (χ4n) is 2.25. The Labute approximate surface area is 116 Å². The molecule has 19 heavy (non-hydrogen) atoms. The predicted octanol–water partition coefficient (Wildman–Crippen LogP) is 2.49. The van der Waals surface area contributed by atoms with Gasteiger partial charge in [-0.1, -0.05) is 37.6 Å². The van der Waals surface area contributed by atoms with Crippen LogP contribution in [-0.2, 0) is 11.3 Å². The number of nitrogens with zero attached hydrogens (tertiary/aromatic N) is 1. The lowest BCUT2D eigenvalue weighted by atomic mass is 9.94. The highest BCUT2D eigenvalue weighted by Gasteiger charge is 2.23. The van der Waals surface area contributed by atoms with Crippen LogP contribution in [0.3, 0.4) is 0 Å². The van der Waals surface area contributed by atoms with Crippen LogP contribution in [0.15, 0.2) is 18.2 Å².